The molecule has 1 saturated heterocycles. The monoisotopic (exact) mass is 367 g/mol. The number of aromatic nitrogens is 1. The van der Waals surface area contributed by atoms with E-state index in [4.69, 9.17) is 17.0 Å². The Labute approximate surface area is 156 Å². The first-order valence-electron chi connectivity index (χ1n) is 7.96. The van der Waals surface area contributed by atoms with Gasteiger partial charge in [-0.3, -0.25) is 4.98 Å². The van der Waals surface area contributed by atoms with Crippen molar-refractivity contribution in [1.82, 2.24) is 10.3 Å². The molecule has 6 heteroatoms. The van der Waals surface area contributed by atoms with Crippen molar-refractivity contribution >= 4 is 34.4 Å². The largest absolute Gasteiger partial charge is 0.495 e. The summed E-state index contributed by atoms with van der Waals surface area (Å²) >= 11 is 7.42. The van der Waals surface area contributed by atoms with E-state index in [0.29, 0.717) is 5.11 Å². The van der Waals surface area contributed by atoms with Crippen LogP contribution in [0.5, 0.6) is 5.75 Å². The van der Waals surface area contributed by atoms with Crippen molar-refractivity contribution < 1.29 is 4.74 Å². The van der Waals surface area contributed by atoms with Crippen molar-refractivity contribution in [3.8, 4) is 5.75 Å². The van der Waals surface area contributed by atoms with Gasteiger partial charge < -0.3 is 15.0 Å². The molecule has 1 aliphatic heterocycles. The van der Waals surface area contributed by atoms with Crippen molar-refractivity contribution in [3.05, 3.63) is 76.7 Å². The van der Waals surface area contributed by atoms with E-state index in [1.165, 1.54) is 4.88 Å². The predicted octanol–water partition coefficient (Wildman–Crippen LogP) is 4.33. The summed E-state index contributed by atoms with van der Waals surface area (Å²) in [6.07, 6.45) is 1.82. The Morgan fingerprint density at radius 1 is 1.12 bits per heavy atom. The van der Waals surface area contributed by atoms with Crippen LogP contribution >= 0.6 is 23.6 Å². The molecule has 4 nitrogen and oxygen atoms in total. The molecular formula is C19H17N3OS2. The molecule has 1 aromatic carbocycles. The molecule has 1 N–H and O–H groups in total. The number of hydrogen-bond acceptors (Lipinski definition) is 4. The lowest BCUT2D eigenvalue weighted by Gasteiger charge is -2.28. The molecule has 0 unspecified atom stereocenters. The van der Waals surface area contributed by atoms with Crippen LogP contribution in [0, 0.1) is 0 Å². The summed E-state index contributed by atoms with van der Waals surface area (Å²) in [5.41, 5.74) is 1.93. The molecular weight excluding hydrogens is 350 g/mol. The maximum atomic E-state index is 5.69. The number of anilines is 1. The average Bonchev–Trinajstić information content (AvgIpc) is 3.30. The van der Waals surface area contributed by atoms with Gasteiger partial charge in [-0.25, -0.2) is 0 Å². The first-order chi connectivity index (χ1) is 12.3. The van der Waals surface area contributed by atoms with Crippen molar-refractivity contribution in [2.24, 2.45) is 0 Å². The third kappa shape index (κ3) is 2.88. The number of methoxy groups -OCH3 is 1. The van der Waals surface area contributed by atoms with Gasteiger partial charge in [0.15, 0.2) is 5.11 Å². The lowest BCUT2D eigenvalue weighted by Crippen LogP contribution is -2.29. The standard InChI is InChI=1S/C19H17N3OS2/c1-23-15-9-3-2-8-14(15)22-18(16-10-6-12-25-16)17(21-19(22)24)13-7-4-5-11-20-13/h2-12,17-18H,1H3,(H,21,24)/t17-,18+/m0/s1. The second kappa shape index (κ2) is 6.82. The van der Waals surface area contributed by atoms with Gasteiger partial charge in [-0.2, -0.15) is 0 Å². The lowest BCUT2D eigenvalue weighted by molar-refractivity contribution is 0.414. The number of nitrogens with one attached hydrogen (secondary N) is 1. The van der Waals surface area contributed by atoms with Gasteiger partial charge in [-0.15, -0.1) is 11.3 Å². The fourth-order valence-corrected chi connectivity index (χ4v) is 4.38. The second-order valence-electron chi connectivity index (χ2n) is 5.68. The summed E-state index contributed by atoms with van der Waals surface area (Å²) in [7, 11) is 1.68. The Kier molecular flexibility index (Phi) is 4.38. The molecule has 0 radical (unpaired) electrons. The van der Waals surface area contributed by atoms with Crippen LogP contribution in [0.15, 0.2) is 66.2 Å². The van der Waals surface area contributed by atoms with E-state index in [-0.39, 0.29) is 12.1 Å². The highest BCUT2D eigenvalue weighted by atomic mass is 32.1. The minimum atomic E-state index is -0.0164. The lowest BCUT2D eigenvalue weighted by atomic mass is 10.0. The fraction of sp³-hybridized carbons (Fsp3) is 0.158. The van der Waals surface area contributed by atoms with Crippen LogP contribution in [0.2, 0.25) is 0 Å². The summed E-state index contributed by atoms with van der Waals surface area (Å²) < 4.78 is 5.57. The molecule has 3 heterocycles. The number of hydrogen-bond donors (Lipinski definition) is 1. The number of thiophene rings is 1. The van der Waals surface area contributed by atoms with E-state index < -0.39 is 0 Å². The minimum Gasteiger partial charge on any atom is -0.495 e. The molecule has 2 aromatic heterocycles. The van der Waals surface area contributed by atoms with Gasteiger partial charge in [-0.1, -0.05) is 24.3 Å². The quantitative estimate of drug-likeness (QED) is 0.695. The van der Waals surface area contributed by atoms with Crippen LogP contribution in [0.4, 0.5) is 5.69 Å². The van der Waals surface area contributed by atoms with E-state index in [1.807, 2.05) is 48.7 Å². The third-order valence-corrected chi connectivity index (χ3v) is 5.54. The molecule has 0 aliphatic carbocycles. The Morgan fingerprint density at radius 2 is 1.96 bits per heavy atom. The number of ether oxygens (including phenoxy) is 1. The Balaban J connectivity index is 1.84. The van der Waals surface area contributed by atoms with Crippen LogP contribution in [-0.2, 0) is 0 Å². The average molecular weight is 367 g/mol. The zero-order valence-electron chi connectivity index (χ0n) is 13.6. The van der Waals surface area contributed by atoms with Crippen LogP contribution in [0.3, 0.4) is 0 Å². The van der Waals surface area contributed by atoms with Crippen molar-refractivity contribution in [1.29, 1.82) is 0 Å². The predicted molar refractivity (Wildman–Crippen MR) is 105 cm³/mol. The Bertz CT molecular complexity index is 867. The van der Waals surface area contributed by atoms with Gasteiger partial charge in [0.25, 0.3) is 0 Å². The van der Waals surface area contributed by atoms with Crippen molar-refractivity contribution in [3.63, 3.8) is 0 Å². The molecule has 1 fully saturated rings. The summed E-state index contributed by atoms with van der Waals surface area (Å²) in [4.78, 5) is 7.92. The van der Waals surface area contributed by atoms with Gasteiger partial charge in [0.1, 0.15) is 5.75 Å². The summed E-state index contributed by atoms with van der Waals surface area (Å²) in [5, 5.41) is 6.22. The molecule has 0 bridgehead atoms. The molecule has 2 atom stereocenters. The number of rotatable bonds is 4. The normalized spacial score (nSPS) is 19.7. The molecule has 1 aliphatic rings. The van der Waals surface area contributed by atoms with Crippen LogP contribution < -0.4 is 15.0 Å². The van der Waals surface area contributed by atoms with E-state index in [2.05, 4.69) is 32.7 Å². The highest BCUT2D eigenvalue weighted by molar-refractivity contribution is 7.80. The molecule has 25 heavy (non-hydrogen) atoms. The van der Waals surface area contributed by atoms with Gasteiger partial charge in [-0.05, 0) is 47.9 Å². The number of pyridine rings is 1. The maximum absolute atomic E-state index is 5.69. The van der Waals surface area contributed by atoms with Crippen LogP contribution in [0.25, 0.3) is 0 Å². The summed E-state index contributed by atoms with van der Waals surface area (Å²) in [6, 6.07) is 18.1. The molecule has 3 aromatic rings. The van der Waals surface area contributed by atoms with Crippen molar-refractivity contribution in [2.45, 2.75) is 12.1 Å². The summed E-state index contributed by atoms with van der Waals surface area (Å²) in [5.74, 6) is 0.801. The third-order valence-electron chi connectivity index (χ3n) is 4.28. The van der Waals surface area contributed by atoms with E-state index in [9.17, 15) is 0 Å². The summed E-state index contributed by atoms with van der Waals surface area (Å²) in [6.45, 7) is 0. The molecule has 126 valence electrons. The van der Waals surface area contributed by atoms with Crippen molar-refractivity contribution in [2.75, 3.05) is 12.0 Å². The zero-order chi connectivity index (χ0) is 17.2. The smallest absolute Gasteiger partial charge is 0.174 e. The number of nitrogens with zero attached hydrogens (tertiary/aromatic N) is 2. The van der Waals surface area contributed by atoms with Crippen LogP contribution in [0.1, 0.15) is 22.7 Å². The van der Waals surface area contributed by atoms with Crippen LogP contribution in [-0.4, -0.2) is 17.2 Å². The van der Waals surface area contributed by atoms with Gasteiger partial charge in [0.05, 0.1) is 30.6 Å². The van der Waals surface area contributed by atoms with Gasteiger partial charge >= 0.3 is 0 Å². The first-order valence-corrected chi connectivity index (χ1v) is 9.25. The topological polar surface area (TPSA) is 37.4 Å². The fourth-order valence-electron chi connectivity index (χ4n) is 3.19. The van der Waals surface area contributed by atoms with Gasteiger partial charge in [0.2, 0.25) is 0 Å². The Morgan fingerprint density at radius 3 is 2.68 bits per heavy atom. The molecule has 0 spiro atoms. The first kappa shape index (κ1) is 16.1. The highest BCUT2D eigenvalue weighted by Gasteiger charge is 2.42. The number of benzene rings is 1. The maximum Gasteiger partial charge on any atom is 0.174 e. The molecule has 4 rings (SSSR count). The Hall–Kier alpha value is -2.44. The van der Waals surface area contributed by atoms with Gasteiger partial charge in [0, 0.05) is 11.1 Å². The number of para-hydroxylation sites is 2. The van der Waals surface area contributed by atoms with E-state index in [1.54, 1.807) is 18.4 Å². The van der Waals surface area contributed by atoms with E-state index in [0.717, 1.165) is 17.1 Å². The minimum absolute atomic E-state index is 0.0164. The number of thiocarbonyl (C=S) groups is 1. The second-order valence-corrected chi connectivity index (χ2v) is 7.05. The SMILES string of the molecule is COc1ccccc1N1C(=S)N[C@@H](c2ccccn2)[C@H]1c1cccs1. The van der Waals surface area contributed by atoms with E-state index >= 15 is 0 Å². The molecule has 0 saturated carbocycles. The molecule has 0 amide bonds. The highest BCUT2D eigenvalue weighted by Crippen LogP contribution is 2.45. The zero-order valence-corrected chi connectivity index (χ0v) is 15.3.